The summed E-state index contributed by atoms with van der Waals surface area (Å²) in [5.74, 6) is 1.15. The predicted molar refractivity (Wildman–Crippen MR) is 123 cm³/mol. The number of thioether (sulfide) groups is 1. The monoisotopic (exact) mass is 390 g/mol. The van der Waals surface area contributed by atoms with Gasteiger partial charge in [-0.1, -0.05) is 128 Å². The highest BCUT2D eigenvalue weighted by Crippen LogP contribution is 2.15. The van der Waals surface area contributed by atoms with Crippen LogP contribution in [-0.2, 0) is 0 Å². The van der Waals surface area contributed by atoms with Crippen LogP contribution in [0.1, 0.15) is 122 Å². The van der Waals surface area contributed by atoms with Crippen molar-refractivity contribution in [2.45, 2.75) is 122 Å². The van der Waals surface area contributed by atoms with Crippen molar-refractivity contribution < 1.29 is 0 Å². The summed E-state index contributed by atoms with van der Waals surface area (Å²) in [7, 11) is 0. The zero-order chi connectivity index (χ0) is 17.7. The van der Waals surface area contributed by atoms with E-state index >= 15 is 0 Å². The molecular weight excluding hydrogens is 348 g/mol. The van der Waals surface area contributed by atoms with E-state index in [9.17, 15) is 0 Å². The van der Waals surface area contributed by atoms with Crippen LogP contribution in [0.3, 0.4) is 0 Å². The van der Waals surface area contributed by atoms with Gasteiger partial charge in [0.2, 0.25) is 0 Å². The maximum Gasteiger partial charge on any atom is 0.101 e. The van der Waals surface area contributed by atoms with Crippen LogP contribution in [0.15, 0.2) is 0 Å². The molecule has 24 heavy (non-hydrogen) atoms. The van der Waals surface area contributed by atoms with E-state index < -0.39 is 0 Å². The number of hydrogen-bond donors (Lipinski definition) is 1. The van der Waals surface area contributed by atoms with Gasteiger partial charge < -0.3 is 0 Å². The normalized spacial score (nSPS) is 11.1. The summed E-state index contributed by atoms with van der Waals surface area (Å²) in [5, 5.41) is 0. The minimum atomic E-state index is 0.793. The van der Waals surface area contributed by atoms with Crippen molar-refractivity contribution in [1.82, 2.24) is 0 Å². The number of thiol groups is 1. The molecule has 0 bridgehead atoms. The molecule has 0 aliphatic carbocycles. The molecule has 0 aliphatic rings. The third-order valence-electron chi connectivity index (χ3n) is 4.72. The summed E-state index contributed by atoms with van der Waals surface area (Å²) in [6, 6.07) is 0. The van der Waals surface area contributed by atoms with Gasteiger partial charge in [0, 0.05) is 0 Å². The van der Waals surface area contributed by atoms with Gasteiger partial charge in [0.25, 0.3) is 0 Å². The molecule has 144 valence electrons. The van der Waals surface area contributed by atoms with Crippen LogP contribution < -0.4 is 0 Å². The Labute approximate surface area is 168 Å². The smallest absolute Gasteiger partial charge is 0.101 e. The second-order valence-corrected chi connectivity index (χ2v) is 9.95. The van der Waals surface area contributed by atoms with Gasteiger partial charge in [0.15, 0.2) is 0 Å². The van der Waals surface area contributed by atoms with Gasteiger partial charge in [-0.05, 0) is 12.2 Å². The Hall–Kier alpha value is 0.790. The van der Waals surface area contributed by atoms with Gasteiger partial charge >= 0.3 is 0 Å². The molecule has 0 fully saturated rings. The van der Waals surface area contributed by atoms with Crippen molar-refractivity contribution in [2.24, 2.45) is 0 Å². The van der Waals surface area contributed by atoms with E-state index in [1.807, 2.05) is 0 Å². The summed E-state index contributed by atoms with van der Waals surface area (Å²) in [6.07, 6.45) is 25.9. The number of rotatable bonds is 19. The molecule has 0 atom stereocenters. The molecule has 0 unspecified atom stereocenters. The van der Waals surface area contributed by atoms with Gasteiger partial charge in [-0.3, -0.25) is 0 Å². The quantitative estimate of drug-likeness (QED) is 0.133. The molecule has 0 rings (SSSR count). The Kier molecular flexibility index (Phi) is 22.6. The van der Waals surface area contributed by atoms with Crippen molar-refractivity contribution >= 4 is 40.1 Å². The highest BCUT2D eigenvalue weighted by molar-refractivity contribution is 8.41. The standard InChI is InChI=1S/C21H42S3/c1-2-3-4-5-6-7-8-9-10-11-12-13-14-15-16-17-18-19-20-24-21(22)23/h2-20H2,1H3,(H,22,23). The van der Waals surface area contributed by atoms with Gasteiger partial charge in [-0.25, -0.2) is 0 Å². The minimum Gasteiger partial charge on any atom is -0.125 e. The molecule has 0 aromatic rings. The summed E-state index contributed by atoms with van der Waals surface area (Å²) in [5.41, 5.74) is 0. The van der Waals surface area contributed by atoms with Gasteiger partial charge in [-0.2, -0.15) is 0 Å². The first kappa shape index (κ1) is 24.8. The molecule has 0 aliphatic heterocycles. The molecule has 0 saturated heterocycles. The lowest BCUT2D eigenvalue weighted by Gasteiger charge is -2.04. The van der Waals surface area contributed by atoms with Crippen LogP contribution in [0.5, 0.6) is 0 Å². The lowest BCUT2D eigenvalue weighted by Crippen LogP contribution is -1.85. The van der Waals surface area contributed by atoms with Gasteiger partial charge in [-0.15, -0.1) is 24.4 Å². The fourth-order valence-electron chi connectivity index (χ4n) is 3.16. The third kappa shape index (κ3) is 22.8. The second-order valence-electron chi connectivity index (χ2n) is 7.12. The van der Waals surface area contributed by atoms with E-state index in [-0.39, 0.29) is 0 Å². The second kappa shape index (κ2) is 21.8. The average molecular weight is 391 g/mol. The maximum atomic E-state index is 4.94. The number of unbranched alkanes of at least 4 members (excludes halogenated alkanes) is 17. The highest BCUT2D eigenvalue weighted by Gasteiger charge is 1.95. The molecule has 0 spiro atoms. The maximum absolute atomic E-state index is 4.94. The highest BCUT2D eigenvalue weighted by atomic mass is 32.2. The van der Waals surface area contributed by atoms with Crippen molar-refractivity contribution in [3.05, 3.63) is 0 Å². The molecule has 0 heterocycles. The molecular formula is C21H42S3. The third-order valence-corrected chi connectivity index (χ3v) is 6.20. The van der Waals surface area contributed by atoms with Crippen molar-refractivity contribution in [3.63, 3.8) is 0 Å². The fraction of sp³-hybridized carbons (Fsp3) is 0.952. The largest absolute Gasteiger partial charge is 0.125 e. The van der Waals surface area contributed by atoms with Crippen LogP contribution >= 0.6 is 36.6 Å². The molecule has 0 aromatic carbocycles. The van der Waals surface area contributed by atoms with E-state index in [0.717, 1.165) is 9.28 Å². The van der Waals surface area contributed by atoms with Crippen LogP contribution in [0.4, 0.5) is 0 Å². The summed E-state index contributed by atoms with van der Waals surface area (Å²) < 4.78 is 0.793. The van der Waals surface area contributed by atoms with E-state index in [2.05, 4.69) is 19.6 Å². The van der Waals surface area contributed by atoms with Crippen LogP contribution in [0, 0.1) is 0 Å². The summed E-state index contributed by atoms with van der Waals surface area (Å²) >= 11 is 10.8. The van der Waals surface area contributed by atoms with E-state index in [1.165, 1.54) is 116 Å². The Morgan fingerprint density at radius 3 is 1.17 bits per heavy atom. The molecule has 0 aromatic heterocycles. The van der Waals surface area contributed by atoms with E-state index in [1.54, 1.807) is 11.8 Å². The van der Waals surface area contributed by atoms with E-state index in [0.29, 0.717) is 0 Å². The van der Waals surface area contributed by atoms with Gasteiger partial charge in [0.05, 0.1) is 0 Å². The number of thiocarbonyl (C=S) groups is 1. The van der Waals surface area contributed by atoms with E-state index in [4.69, 9.17) is 12.2 Å². The van der Waals surface area contributed by atoms with Crippen LogP contribution in [0.25, 0.3) is 0 Å². The molecule has 3 heteroatoms. The summed E-state index contributed by atoms with van der Waals surface area (Å²) in [4.78, 5) is 0. The molecule has 0 N–H and O–H groups in total. The zero-order valence-electron chi connectivity index (χ0n) is 16.2. The molecule has 0 saturated carbocycles. The Morgan fingerprint density at radius 2 is 0.875 bits per heavy atom. The molecule has 0 nitrogen and oxygen atoms in total. The van der Waals surface area contributed by atoms with Crippen LogP contribution in [0.2, 0.25) is 0 Å². The van der Waals surface area contributed by atoms with Gasteiger partial charge in [0.1, 0.15) is 3.53 Å². The fourth-order valence-corrected chi connectivity index (χ4v) is 4.21. The lowest BCUT2D eigenvalue weighted by molar-refractivity contribution is 0.527. The predicted octanol–water partition coefficient (Wildman–Crippen LogP) is 8.98. The van der Waals surface area contributed by atoms with Crippen molar-refractivity contribution in [1.29, 1.82) is 0 Å². The Morgan fingerprint density at radius 1 is 0.583 bits per heavy atom. The summed E-state index contributed by atoms with van der Waals surface area (Å²) in [6.45, 7) is 2.29. The number of hydrogen-bond acceptors (Lipinski definition) is 2. The van der Waals surface area contributed by atoms with Crippen molar-refractivity contribution in [2.75, 3.05) is 5.75 Å². The lowest BCUT2D eigenvalue weighted by atomic mass is 10.0. The molecule has 0 radical (unpaired) electrons. The molecule has 0 amide bonds. The SMILES string of the molecule is CCCCCCCCCCCCCCCCCCCCSC(=S)S. The topological polar surface area (TPSA) is 0 Å². The van der Waals surface area contributed by atoms with Crippen molar-refractivity contribution in [3.8, 4) is 0 Å². The first-order chi connectivity index (χ1) is 11.8. The zero-order valence-corrected chi connectivity index (χ0v) is 18.7. The Balaban J connectivity index is 2.97. The van der Waals surface area contributed by atoms with Crippen LogP contribution in [-0.4, -0.2) is 9.28 Å². The Bertz CT molecular complexity index is 253. The minimum absolute atomic E-state index is 0.793. The first-order valence-electron chi connectivity index (χ1n) is 10.6. The average Bonchev–Trinajstić information content (AvgIpc) is 2.56. The first-order valence-corrected chi connectivity index (χ1v) is 12.5.